The van der Waals surface area contributed by atoms with Crippen molar-refractivity contribution in [3.05, 3.63) is 23.8 Å². The van der Waals surface area contributed by atoms with Crippen LogP contribution in [0.1, 0.15) is 63.2 Å². The van der Waals surface area contributed by atoms with E-state index in [-0.39, 0.29) is 28.2 Å². The predicted octanol–water partition coefficient (Wildman–Crippen LogP) is 3.06. The highest BCUT2D eigenvalue weighted by Gasteiger charge is 2.34. The van der Waals surface area contributed by atoms with Crippen molar-refractivity contribution in [2.75, 3.05) is 26.7 Å². The lowest BCUT2D eigenvalue weighted by Crippen LogP contribution is -2.44. The van der Waals surface area contributed by atoms with Gasteiger partial charge in [0.25, 0.3) is 5.91 Å². The van der Waals surface area contributed by atoms with Crippen molar-refractivity contribution in [2.24, 2.45) is 5.92 Å². The molecule has 0 radical (unpaired) electrons. The Morgan fingerprint density at radius 2 is 1.75 bits per heavy atom. The summed E-state index contributed by atoms with van der Waals surface area (Å²) in [6.45, 7) is 7.33. The average Bonchev–Trinajstić information content (AvgIpc) is 2.78. The minimum absolute atomic E-state index is 0.0628. The fourth-order valence-electron chi connectivity index (χ4n) is 4.33. The van der Waals surface area contributed by atoms with E-state index < -0.39 is 22.1 Å². The van der Waals surface area contributed by atoms with Gasteiger partial charge in [-0.15, -0.1) is 0 Å². The van der Waals surface area contributed by atoms with Crippen LogP contribution in [0, 0.1) is 5.92 Å². The molecule has 1 aromatic rings. The van der Waals surface area contributed by atoms with Gasteiger partial charge in [0.2, 0.25) is 10.0 Å². The van der Waals surface area contributed by atoms with E-state index in [9.17, 15) is 18.0 Å². The molecule has 0 N–H and O–H groups in total. The number of sulfonamides is 1. The third-order valence-corrected chi connectivity index (χ3v) is 8.49. The molecule has 2 atom stereocenters. The minimum atomic E-state index is -3.85. The summed E-state index contributed by atoms with van der Waals surface area (Å²) in [5, 5.41) is 0. The molecule has 8 nitrogen and oxygen atoms in total. The zero-order valence-corrected chi connectivity index (χ0v) is 20.2. The van der Waals surface area contributed by atoms with Crippen molar-refractivity contribution < 1.29 is 27.5 Å². The van der Waals surface area contributed by atoms with Crippen molar-refractivity contribution in [1.82, 2.24) is 9.21 Å². The van der Waals surface area contributed by atoms with E-state index in [1.165, 1.54) is 29.6 Å². The van der Waals surface area contributed by atoms with Gasteiger partial charge in [0.15, 0.2) is 6.10 Å². The third kappa shape index (κ3) is 5.26. The summed E-state index contributed by atoms with van der Waals surface area (Å²) in [5.74, 6) is -0.208. The predicted molar refractivity (Wildman–Crippen MR) is 120 cm³/mol. The fraction of sp³-hybridized carbons (Fsp3) is 0.652. The Balaban J connectivity index is 1.78. The van der Waals surface area contributed by atoms with Crippen molar-refractivity contribution in [3.63, 3.8) is 0 Å². The highest BCUT2D eigenvalue weighted by Crippen LogP contribution is 2.32. The van der Waals surface area contributed by atoms with Gasteiger partial charge in [-0.25, -0.2) is 13.2 Å². The zero-order valence-electron chi connectivity index (χ0n) is 19.4. The number of amides is 1. The molecule has 2 aliphatic heterocycles. The molecule has 2 aliphatic rings. The number of benzene rings is 1. The number of piperidine rings is 2. The lowest BCUT2D eigenvalue weighted by atomic mass is 9.99. The van der Waals surface area contributed by atoms with Crippen LogP contribution in [0.15, 0.2) is 23.1 Å². The number of rotatable bonds is 6. The summed E-state index contributed by atoms with van der Waals surface area (Å²) in [6.07, 6.45) is 3.49. The zero-order chi connectivity index (χ0) is 23.5. The van der Waals surface area contributed by atoms with Crippen LogP contribution in [0.25, 0.3) is 0 Å². The summed E-state index contributed by atoms with van der Waals surface area (Å²) in [7, 11) is -2.46. The van der Waals surface area contributed by atoms with E-state index in [2.05, 4.69) is 6.92 Å². The van der Waals surface area contributed by atoms with Gasteiger partial charge in [-0.2, -0.15) is 4.31 Å². The smallest absolute Gasteiger partial charge is 0.338 e. The van der Waals surface area contributed by atoms with Gasteiger partial charge >= 0.3 is 5.97 Å². The molecule has 2 fully saturated rings. The Kier molecular flexibility index (Phi) is 7.82. The summed E-state index contributed by atoms with van der Waals surface area (Å²) < 4.78 is 38.9. The first kappa shape index (κ1) is 24.5. The number of likely N-dealkylation sites (tertiary alicyclic amines) is 1. The van der Waals surface area contributed by atoms with Gasteiger partial charge in [0.1, 0.15) is 10.6 Å². The molecule has 1 aromatic carbocycles. The number of carbonyl (C=O) groups is 2. The maximum absolute atomic E-state index is 13.3. The number of hydrogen-bond donors (Lipinski definition) is 0. The van der Waals surface area contributed by atoms with Crippen LogP contribution in [0.5, 0.6) is 5.75 Å². The average molecular weight is 467 g/mol. The molecule has 0 saturated carbocycles. The summed E-state index contributed by atoms with van der Waals surface area (Å²) in [6, 6.07) is 4.08. The first-order valence-corrected chi connectivity index (χ1v) is 12.8. The Hall–Kier alpha value is -2.13. The number of esters is 1. The van der Waals surface area contributed by atoms with Crippen LogP contribution in [0.2, 0.25) is 0 Å². The largest absolute Gasteiger partial charge is 0.495 e. The molecule has 2 heterocycles. The first-order chi connectivity index (χ1) is 15.1. The summed E-state index contributed by atoms with van der Waals surface area (Å²) >= 11 is 0. The second kappa shape index (κ2) is 10.2. The Morgan fingerprint density at radius 1 is 1.06 bits per heavy atom. The van der Waals surface area contributed by atoms with E-state index in [4.69, 9.17) is 9.47 Å². The molecule has 2 saturated heterocycles. The Morgan fingerprint density at radius 3 is 2.38 bits per heavy atom. The van der Waals surface area contributed by atoms with Crippen LogP contribution in [0.4, 0.5) is 0 Å². The van der Waals surface area contributed by atoms with Gasteiger partial charge in [-0.3, -0.25) is 4.79 Å². The second-order valence-electron chi connectivity index (χ2n) is 8.88. The van der Waals surface area contributed by atoms with E-state index in [0.29, 0.717) is 25.6 Å². The summed E-state index contributed by atoms with van der Waals surface area (Å²) in [4.78, 5) is 27.1. The molecular weight excluding hydrogens is 432 g/mol. The lowest BCUT2D eigenvalue weighted by molar-refractivity contribution is -0.141. The van der Waals surface area contributed by atoms with Crippen molar-refractivity contribution in [1.29, 1.82) is 0 Å². The quantitative estimate of drug-likeness (QED) is 0.598. The Bertz CT molecular complexity index is 940. The van der Waals surface area contributed by atoms with Gasteiger partial charge in [0, 0.05) is 25.7 Å². The molecule has 3 rings (SSSR count). The summed E-state index contributed by atoms with van der Waals surface area (Å²) in [5.41, 5.74) is 0.0703. The van der Waals surface area contributed by atoms with Gasteiger partial charge in [0.05, 0.1) is 12.7 Å². The minimum Gasteiger partial charge on any atom is -0.495 e. The maximum Gasteiger partial charge on any atom is 0.338 e. The normalized spacial score (nSPS) is 21.8. The van der Waals surface area contributed by atoms with E-state index in [0.717, 1.165) is 32.1 Å². The number of carbonyl (C=O) groups excluding carboxylic acids is 2. The van der Waals surface area contributed by atoms with Gasteiger partial charge in [-0.1, -0.05) is 13.3 Å². The third-order valence-electron chi connectivity index (χ3n) is 6.45. The molecule has 0 aromatic heterocycles. The molecule has 9 heteroatoms. The lowest BCUT2D eigenvalue weighted by Gasteiger charge is -2.32. The van der Waals surface area contributed by atoms with Crippen molar-refractivity contribution in [3.8, 4) is 5.75 Å². The van der Waals surface area contributed by atoms with Crippen LogP contribution in [-0.2, 0) is 19.6 Å². The molecule has 32 heavy (non-hydrogen) atoms. The van der Waals surface area contributed by atoms with E-state index >= 15 is 0 Å². The number of hydrogen-bond acceptors (Lipinski definition) is 6. The van der Waals surface area contributed by atoms with E-state index in [1.807, 2.05) is 6.92 Å². The first-order valence-electron chi connectivity index (χ1n) is 11.3. The molecule has 1 amide bonds. The molecular formula is C23H34N2O6S. The highest BCUT2D eigenvalue weighted by atomic mass is 32.2. The number of nitrogens with zero attached hydrogens (tertiary/aromatic N) is 2. The van der Waals surface area contributed by atoms with Crippen molar-refractivity contribution >= 4 is 21.9 Å². The van der Waals surface area contributed by atoms with Gasteiger partial charge < -0.3 is 14.4 Å². The molecule has 178 valence electrons. The SMILES string of the molecule is COc1ccc(C(=O)OC(C)C(=O)N2CCC(C)CC2)cc1S(=O)(=O)N1CCCCC1C. The van der Waals surface area contributed by atoms with Crippen LogP contribution in [0.3, 0.4) is 0 Å². The second-order valence-corrected chi connectivity index (χ2v) is 10.7. The standard InChI is InChI=1S/C23H34N2O6S/c1-16-10-13-24(14-11-16)22(26)18(3)31-23(27)19-8-9-20(30-4)21(15-19)32(28,29)25-12-6-5-7-17(25)2/h8-9,15-18H,5-7,10-14H2,1-4H3. The maximum atomic E-state index is 13.3. The van der Waals surface area contributed by atoms with Crippen molar-refractivity contribution in [2.45, 2.75) is 69.9 Å². The van der Waals surface area contributed by atoms with Crippen LogP contribution in [-0.4, -0.2) is 68.4 Å². The molecule has 0 aliphatic carbocycles. The topological polar surface area (TPSA) is 93.2 Å². The number of ether oxygens (including phenoxy) is 2. The van der Waals surface area contributed by atoms with Gasteiger partial charge in [-0.05, 0) is 63.6 Å². The van der Waals surface area contributed by atoms with E-state index in [1.54, 1.807) is 11.8 Å². The highest BCUT2D eigenvalue weighted by molar-refractivity contribution is 7.89. The van der Waals surface area contributed by atoms with Crippen LogP contribution < -0.4 is 4.74 Å². The fourth-order valence-corrected chi connectivity index (χ4v) is 6.21. The monoisotopic (exact) mass is 466 g/mol. The molecule has 2 unspecified atom stereocenters. The molecule has 0 bridgehead atoms. The Labute approximate surface area is 190 Å². The van der Waals surface area contributed by atoms with Crippen LogP contribution >= 0.6 is 0 Å². The molecule has 0 spiro atoms. The number of methoxy groups -OCH3 is 1.